The SMILES string of the molecule is CCC1C[C@H](C(=O)NCc2cccnn2)[C@H](C(=O)O)C1. The van der Waals surface area contributed by atoms with Crippen LogP contribution in [0.4, 0.5) is 0 Å². The van der Waals surface area contributed by atoms with Crippen LogP contribution >= 0.6 is 0 Å². The molecule has 2 rings (SSSR count). The fraction of sp³-hybridized carbons (Fsp3) is 0.571. The van der Waals surface area contributed by atoms with E-state index in [9.17, 15) is 14.7 Å². The Balaban J connectivity index is 1.95. The molecule has 0 radical (unpaired) electrons. The van der Waals surface area contributed by atoms with Crippen molar-refractivity contribution in [3.63, 3.8) is 0 Å². The second-order valence-corrected chi connectivity index (χ2v) is 5.23. The predicted octanol–water partition coefficient (Wildman–Crippen LogP) is 1.23. The summed E-state index contributed by atoms with van der Waals surface area (Å²) in [5.74, 6) is -1.75. The molecule has 0 aromatic carbocycles. The molecule has 3 atom stereocenters. The molecule has 108 valence electrons. The summed E-state index contributed by atoms with van der Waals surface area (Å²) in [7, 11) is 0. The number of carbonyl (C=O) groups excluding carboxylic acids is 1. The molecule has 0 aliphatic heterocycles. The molecule has 1 saturated carbocycles. The summed E-state index contributed by atoms with van der Waals surface area (Å²) in [6, 6.07) is 3.52. The maximum Gasteiger partial charge on any atom is 0.307 e. The van der Waals surface area contributed by atoms with Crippen LogP contribution in [0.15, 0.2) is 18.3 Å². The molecule has 1 heterocycles. The minimum atomic E-state index is -0.874. The van der Waals surface area contributed by atoms with Crippen molar-refractivity contribution in [1.82, 2.24) is 15.5 Å². The minimum absolute atomic E-state index is 0.195. The molecule has 1 aromatic heterocycles. The third-order valence-corrected chi connectivity index (χ3v) is 3.96. The summed E-state index contributed by atoms with van der Waals surface area (Å²) in [6.07, 6.45) is 3.72. The Morgan fingerprint density at radius 3 is 2.75 bits per heavy atom. The summed E-state index contributed by atoms with van der Waals surface area (Å²) < 4.78 is 0. The molecule has 1 amide bonds. The van der Waals surface area contributed by atoms with Gasteiger partial charge in [-0.15, -0.1) is 0 Å². The summed E-state index contributed by atoms with van der Waals surface area (Å²) in [5.41, 5.74) is 0.665. The number of amides is 1. The van der Waals surface area contributed by atoms with E-state index in [-0.39, 0.29) is 12.5 Å². The van der Waals surface area contributed by atoms with Gasteiger partial charge in [-0.25, -0.2) is 0 Å². The summed E-state index contributed by atoms with van der Waals surface area (Å²) in [6.45, 7) is 2.32. The molecule has 1 fully saturated rings. The zero-order chi connectivity index (χ0) is 14.5. The Bertz CT molecular complexity index is 478. The molecule has 1 unspecified atom stereocenters. The van der Waals surface area contributed by atoms with Crippen molar-refractivity contribution in [2.24, 2.45) is 17.8 Å². The Hall–Kier alpha value is -1.98. The fourth-order valence-electron chi connectivity index (χ4n) is 2.78. The number of aromatic nitrogens is 2. The lowest BCUT2D eigenvalue weighted by Crippen LogP contribution is -2.35. The van der Waals surface area contributed by atoms with Crippen molar-refractivity contribution >= 4 is 11.9 Å². The molecule has 0 spiro atoms. The number of nitrogens with zero attached hydrogens (tertiary/aromatic N) is 2. The Morgan fingerprint density at radius 2 is 2.15 bits per heavy atom. The highest BCUT2D eigenvalue weighted by atomic mass is 16.4. The van der Waals surface area contributed by atoms with Gasteiger partial charge in [0.05, 0.1) is 24.1 Å². The zero-order valence-corrected chi connectivity index (χ0v) is 11.5. The number of carboxylic acids is 1. The van der Waals surface area contributed by atoms with Crippen LogP contribution in [0.2, 0.25) is 0 Å². The predicted molar refractivity (Wildman–Crippen MR) is 71.5 cm³/mol. The molecule has 6 nitrogen and oxygen atoms in total. The van der Waals surface area contributed by atoms with Gasteiger partial charge in [0, 0.05) is 6.20 Å². The van der Waals surface area contributed by atoms with Crippen molar-refractivity contribution in [2.45, 2.75) is 32.7 Å². The summed E-state index contributed by atoms with van der Waals surface area (Å²) in [5, 5.41) is 19.6. The van der Waals surface area contributed by atoms with E-state index in [0.29, 0.717) is 24.5 Å². The zero-order valence-electron chi connectivity index (χ0n) is 11.5. The van der Waals surface area contributed by atoms with Crippen LogP contribution in [0, 0.1) is 17.8 Å². The number of aliphatic carboxylic acids is 1. The van der Waals surface area contributed by atoms with Crippen LogP contribution in [0.3, 0.4) is 0 Å². The smallest absolute Gasteiger partial charge is 0.307 e. The van der Waals surface area contributed by atoms with Gasteiger partial charge in [-0.05, 0) is 30.9 Å². The van der Waals surface area contributed by atoms with Gasteiger partial charge in [0.25, 0.3) is 0 Å². The number of hydrogen-bond acceptors (Lipinski definition) is 4. The van der Waals surface area contributed by atoms with Gasteiger partial charge in [0.2, 0.25) is 5.91 Å². The van der Waals surface area contributed by atoms with Crippen molar-refractivity contribution in [3.05, 3.63) is 24.0 Å². The second-order valence-electron chi connectivity index (χ2n) is 5.23. The van der Waals surface area contributed by atoms with Gasteiger partial charge in [-0.2, -0.15) is 10.2 Å². The van der Waals surface area contributed by atoms with E-state index in [1.54, 1.807) is 18.3 Å². The average molecular weight is 277 g/mol. The third-order valence-electron chi connectivity index (χ3n) is 3.96. The quantitative estimate of drug-likeness (QED) is 0.844. The minimum Gasteiger partial charge on any atom is -0.481 e. The molecule has 2 N–H and O–H groups in total. The molecular weight excluding hydrogens is 258 g/mol. The van der Waals surface area contributed by atoms with Crippen LogP contribution < -0.4 is 5.32 Å². The highest BCUT2D eigenvalue weighted by molar-refractivity contribution is 5.85. The average Bonchev–Trinajstić information content (AvgIpc) is 2.90. The van der Waals surface area contributed by atoms with Crippen molar-refractivity contribution in [3.8, 4) is 0 Å². The van der Waals surface area contributed by atoms with Crippen molar-refractivity contribution in [2.75, 3.05) is 0 Å². The van der Waals surface area contributed by atoms with Gasteiger partial charge in [0.15, 0.2) is 0 Å². The Morgan fingerprint density at radius 1 is 1.40 bits per heavy atom. The third kappa shape index (κ3) is 3.31. The van der Waals surface area contributed by atoms with Crippen molar-refractivity contribution < 1.29 is 14.7 Å². The molecular formula is C14H19N3O3. The normalized spacial score (nSPS) is 25.4. The first kappa shape index (κ1) is 14.4. The van der Waals surface area contributed by atoms with E-state index in [1.807, 2.05) is 6.92 Å². The largest absolute Gasteiger partial charge is 0.481 e. The Kier molecular flexibility index (Phi) is 4.65. The lowest BCUT2D eigenvalue weighted by molar-refractivity contribution is -0.146. The van der Waals surface area contributed by atoms with E-state index in [4.69, 9.17) is 0 Å². The first-order chi connectivity index (χ1) is 9.61. The summed E-state index contributed by atoms with van der Waals surface area (Å²) >= 11 is 0. The first-order valence-corrected chi connectivity index (χ1v) is 6.89. The van der Waals surface area contributed by atoms with E-state index in [0.717, 1.165) is 6.42 Å². The number of nitrogens with one attached hydrogen (secondary N) is 1. The van der Waals surface area contributed by atoms with Gasteiger partial charge in [0.1, 0.15) is 0 Å². The van der Waals surface area contributed by atoms with Crippen LogP contribution in [0.5, 0.6) is 0 Å². The highest BCUT2D eigenvalue weighted by Gasteiger charge is 2.41. The lowest BCUT2D eigenvalue weighted by Gasteiger charge is -2.15. The van der Waals surface area contributed by atoms with Gasteiger partial charge < -0.3 is 10.4 Å². The highest BCUT2D eigenvalue weighted by Crippen LogP contribution is 2.38. The molecule has 0 saturated heterocycles. The Labute approximate surface area is 117 Å². The van der Waals surface area contributed by atoms with Crippen LogP contribution in [-0.2, 0) is 16.1 Å². The lowest BCUT2D eigenvalue weighted by atomic mass is 9.95. The number of hydrogen-bond donors (Lipinski definition) is 2. The number of rotatable bonds is 5. The van der Waals surface area contributed by atoms with Crippen LogP contribution in [0.25, 0.3) is 0 Å². The van der Waals surface area contributed by atoms with E-state index in [1.165, 1.54) is 0 Å². The van der Waals surface area contributed by atoms with Gasteiger partial charge in [-0.1, -0.05) is 13.3 Å². The van der Waals surface area contributed by atoms with E-state index >= 15 is 0 Å². The standard InChI is InChI=1S/C14H19N3O3/c1-2-9-6-11(12(7-9)14(19)20)13(18)15-8-10-4-3-5-16-17-10/h3-5,9,11-12H,2,6-8H2,1H3,(H,15,18)(H,19,20)/t9?,11-,12+/m0/s1. The molecule has 0 bridgehead atoms. The molecule has 1 aliphatic carbocycles. The monoisotopic (exact) mass is 277 g/mol. The fourth-order valence-corrected chi connectivity index (χ4v) is 2.78. The van der Waals surface area contributed by atoms with Gasteiger partial charge >= 0.3 is 5.97 Å². The van der Waals surface area contributed by atoms with Crippen LogP contribution in [0.1, 0.15) is 31.9 Å². The number of carboxylic acid groups (broad SMARTS) is 1. The molecule has 1 aromatic rings. The van der Waals surface area contributed by atoms with E-state index in [2.05, 4.69) is 15.5 Å². The van der Waals surface area contributed by atoms with Gasteiger partial charge in [-0.3, -0.25) is 9.59 Å². The maximum absolute atomic E-state index is 12.2. The first-order valence-electron chi connectivity index (χ1n) is 6.89. The summed E-state index contributed by atoms with van der Waals surface area (Å²) in [4.78, 5) is 23.4. The number of carbonyl (C=O) groups is 2. The molecule has 20 heavy (non-hydrogen) atoms. The molecule has 6 heteroatoms. The van der Waals surface area contributed by atoms with E-state index < -0.39 is 17.8 Å². The second kappa shape index (κ2) is 6.45. The molecule has 1 aliphatic rings. The maximum atomic E-state index is 12.2. The van der Waals surface area contributed by atoms with Crippen molar-refractivity contribution in [1.29, 1.82) is 0 Å². The topological polar surface area (TPSA) is 92.2 Å². The van der Waals surface area contributed by atoms with Crippen LogP contribution in [-0.4, -0.2) is 27.2 Å².